The Morgan fingerprint density at radius 1 is 1.22 bits per heavy atom. The van der Waals surface area contributed by atoms with E-state index in [-0.39, 0.29) is 12.1 Å². The van der Waals surface area contributed by atoms with Crippen molar-refractivity contribution in [2.45, 2.75) is 52.2 Å². The number of nitrogens with zero attached hydrogens (tertiary/aromatic N) is 4. The fraction of sp³-hybridized carbons (Fsp3) is 0.440. The van der Waals surface area contributed by atoms with Crippen LogP contribution in [0.5, 0.6) is 5.75 Å². The summed E-state index contributed by atoms with van der Waals surface area (Å²) in [6, 6.07) is 7.87. The summed E-state index contributed by atoms with van der Waals surface area (Å²) in [5.74, 6) is 1.70. The number of aryl methyl sites for hydroxylation is 1. The second kappa shape index (κ2) is 10.9. The van der Waals surface area contributed by atoms with Crippen LogP contribution < -0.4 is 15.4 Å². The summed E-state index contributed by atoms with van der Waals surface area (Å²) < 4.78 is 10.8. The van der Waals surface area contributed by atoms with Gasteiger partial charge in [0.25, 0.3) is 0 Å². The highest BCUT2D eigenvalue weighted by atomic mass is 35.5. The van der Waals surface area contributed by atoms with E-state index in [4.69, 9.17) is 21.1 Å². The van der Waals surface area contributed by atoms with Gasteiger partial charge in [-0.2, -0.15) is 4.98 Å². The van der Waals surface area contributed by atoms with Crippen LogP contribution >= 0.6 is 22.9 Å². The number of nitrogens with one attached hydrogen (secondary N) is 2. The Balaban J connectivity index is 1.44. The third kappa shape index (κ3) is 6.55. The Hall–Kier alpha value is -3.11. The molecule has 1 amide bonds. The number of ether oxygens (including phenoxy) is 2. The predicted octanol–water partition coefficient (Wildman–Crippen LogP) is 6.13. The van der Waals surface area contributed by atoms with E-state index in [9.17, 15) is 4.79 Å². The summed E-state index contributed by atoms with van der Waals surface area (Å²) >= 11 is 7.91. The molecule has 192 valence electrons. The zero-order valence-corrected chi connectivity index (χ0v) is 22.7. The van der Waals surface area contributed by atoms with Crippen molar-refractivity contribution >= 4 is 45.9 Å². The number of benzene rings is 1. The molecule has 0 unspecified atom stereocenters. The molecule has 0 saturated carbocycles. The maximum atomic E-state index is 12.5. The SMILES string of the molecule is COc1ccc(-c2sc(Nc3ncc(Cl)c(N[C@H]4CCCN(C(=O)OC(C)(C)C)C4)n3)nc2C)cc1. The highest BCUT2D eigenvalue weighted by Crippen LogP contribution is 2.35. The number of anilines is 3. The third-order valence-corrected chi connectivity index (χ3v) is 6.92. The van der Waals surface area contributed by atoms with Crippen molar-refractivity contribution in [1.29, 1.82) is 0 Å². The molecule has 36 heavy (non-hydrogen) atoms. The van der Waals surface area contributed by atoms with E-state index in [0.717, 1.165) is 34.7 Å². The van der Waals surface area contributed by atoms with E-state index in [1.165, 1.54) is 11.3 Å². The number of thiazole rings is 1. The average molecular weight is 531 g/mol. The molecular weight excluding hydrogens is 500 g/mol. The van der Waals surface area contributed by atoms with Gasteiger partial charge in [0.15, 0.2) is 10.9 Å². The molecule has 0 spiro atoms. The van der Waals surface area contributed by atoms with Crippen molar-refractivity contribution in [3.63, 3.8) is 0 Å². The number of aromatic nitrogens is 3. The molecule has 4 rings (SSSR count). The van der Waals surface area contributed by atoms with E-state index in [0.29, 0.717) is 35.0 Å². The number of hydrogen-bond acceptors (Lipinski definition) is 9. The van der Waals surface area contributed by atoms with Crippen molar-refractivity contribution < 1.29 is 14.3 Å². The van der Waals surface area contributed by atoms with Gasteiger partial charge in [-0.05, 0) is 70.4 Å². The second-order valence-electron chi connectivity index (χ2n) is 9.59. The molecule has 1 atom stereocenters. The lowest BCUT2D eigenvalue weighted by atomic mass is 10.1. The van der Waals surface area contributed by atoms with E-state index in [1.807, 2.05) is 52.0 Å². The van der Waals surface area contributed by atoms with Gasteiger partial charge in [-0.3, -0.25) is 5.32 Å². The molecule has 9 nitrogen and oxygen atoms in total. The number of halogens is 1. The van der Waals surface area contributed by atoms with E-state index in [2.05, 4.69) is 25.6 Å². The van der Waals surface area contributed by atoms with Crippen LogP contribution in [0.1, 0.15) is 39.3 Å². The van der Waals surface area contributed by atoms with Gasteiger partial charge in [0.05, 0.1) is 23.9 Å². The fourth-order valence-corrected chi connectivity index (χ4v) is 4.98. The van der Waals surface area contributed by atoms with Crippen LogP contribution in [0.2, 0.25) is 5.02 Å². The van der Waals surface area contributed by atoms with Crippen LogP contribution in [0.4, 0.5) is 21.7 Å². The minimum absolute atomic E-state index is 0.00435. The predicted molar refractivity (Wildman–Crippen MR) is 144 cm³/mol. The standard InChI is InChI=1S/C25H31ClN6O3S/c1-15-20(16-8-10-18(34-5)11-9-16)36-23(28-15)31-22-27-13-19(26)21(30-22)29-17-7-6-12-32(14-17)24(33)35-25(2,3)4/h8-11,13,17H,6-7,12,14H2,1-5H3,(H2,27,28,29,30,31)/t17-/m0/s1. The van der Waals surface area contributed by atoms with Gasteiger partial charge in [0, 0.05) is 19.1 Å². The van der Waals surface area contributed by atoms with Gasteiger partial charge < -0.3 is 19.7 Å². The minimum Gasteiger partial charge on any atom is -0.497 e. The highest BCUT2D eigenvalue weighted by Gasteiger charge is 2.28. The highest BCUT2D eigenvalue weighted by molar-refractivity contribution is 7.19. The molecule has 0 aliphatic carbocycles. The smallest absolute Gasteiger partial charge is 0.410 e. The van der Waals surface area contributed by atoms with Crippen LogP contribution in [-0.2, 0) is 4.74 Å². The Kier molecular flexibility index (Phi) is 7.85. The van der Waals surface area contributed by atoms with E-state index in [1.54, 1.807) is 18.2 Å². The summed E-state index contributed by atoms with van der Waals surface area (Å²) in [7, 11) is 1.65. The average Bonchev–Trinajstić information content (AvgIpc) is 3.20. The maximum absolute atomic E-state index is 12.5. The molecule has 2 aromatic heterocycles. The Morgan fingerprint density at radius 3 is 2.67 bits per heavy atom. The molecule has 1 fully saturated rings. The van der Waals surface area contributed by atoms with E-state index >= 15 is 0 Å². The molecule has 1 aliphatic rings. The quantitative estimate of drug-likeness (QED) is 0.392. The first-order chi connectivity index (χ1) is 17.1. The van der Waals surface area contributed by atoms with Gasteiger partial charge in [0.2, 0.25) is 5.95 Å². The van der Waals surface area contributed by atoms with Gasteiger partial charge in [-0.1, -0.05) is 22.9 Å². The zero-order chi connectivity index (χ0) is 25.9. The molecule has 3 aromatic rings. The molecule has 0 radical (unpaired) electrons. The summed E-state index contributed by atoms with van der Waals surface area (Å²) in [5, 5.41) is 7.65. The number of carbonyl (C=O) groups excluding carboxylic acids is 1. The molecule has 11 heteroatoms. The molecular formula is C25H31ClN6O3S. The number of likely N-dealkylation sites (tertiary alicyclic amines) is 1. The first kappa shape index (κ1) is 26.0. The van der Waals surface area contributed by atoms with Gasteiger partial charge >= 0.3 is 6.09 Å². The van der Waals surface area contributed by atoms with Gasteiger partial charge in [0.1, 0.15) is 16.4 Å². The zero-order valence-electron chi connectivity index (χ0n) is 21.1. The van der Waals surface area contributed by atoms with Gasteiger partial charge in [-0.15, -0.1) is 0 Å². The van der Waals surface area contributed by atoms with Crippen molar-refractivity contribution in [3.8, 4) is 16.2 Å². The monoisotopic (exact) mass is 530 g/mol. The van der Waals surface area contributed by atoms with Crippen molar-refractivity contribution in [2.75, 3.05) is 30.8 Å². The van der Waals surface area contributed by atoms with E-state index < -0.39 is 5.60 Å². The normalized spacial score (nSPS) is 15.9. The number of hydrogen-bond donors (Lipinski definition) is 2. The number of methoxy groups -OCH3 is 1. The third-order valence-electron chi connectivity index (χ3n) is 5.53. The van der Waals surface area contributed by atoms with Crippen LogP contribution in [0.3, 0.4) is 0 Å². The molecule has 2 N–H and O–H groups in total. The maximum Gasteiger partial charge on any atom is 0.410 e. The fourth-order valence-electron chi connectivity index (χ4n) is 3.86. The molecule has 1 aliphatic heterocycles. The first-order valence-electron chi connectivity index (χ1n) is 11.8. The number of rotatable bonds is 6. The molecule has 3 heterocycles. The Labute approximate surface area is 220 Å². The lowest BCUT2D eigenvalue weighted by molar-refractivity contribution is 0.0206. The van der Waals surface area contributed by atoms with Crippen molar-refractivity contribution in [2.24, 2.45) is 0 Å². The van der Waals surface area contributed by atoms with Crippen molar-refractivity contribution in [3.05, 3.63) is 41.2 Å². The number of piperidine rings is 1. The lowest BCUT2D eigenvalue weighted by Crippen LogP contribution is -2.47. The Morgan fingerprint density at radius 2 is 1.97 bits per heavy atom. The summed E-state index contributed by atoms with van der Waals surface area (Å²) in [5.41, 5.74) is 1.43. The Bertz CT molecular complexity index is 1210. The van der Waals surface area contributed by atoms with Crippen molar-refractivity contribution in [1.82, 2.24) is 19.9 Å². The molecule has 0 bridgehead atoms. The topological polar surface area (TPSA) is 102 Å². The lowest BCUT2D eigenvalue weighted by Gasteiger charge is -2.34. The largest absolute Gasteiger partial charge is 0.497 e. The van der Waals surface area contributed by atoms with Gasteiger partial charge in [-0.25, -0.2) is 14.8 Å². The first-order valence-corrected chi connectivity index (χ1v) is 13.0. The van der Waals surface area contributed by atoms with Crippen LogP contribution in [0.25, 0.3) is 10.4 Å². The van der Waals surface area contributed by atoms with Crippen LogP contribution in [0.15, 0.2) is 30.5 Å². The second-order valence-corrected chi connectivity index (χ2v) is 11.0. The van der Waals surface area contributed by atoms with Crippen LogP contribution in [-0.4, -0.2) is 57.8 Å². The van der Waals surface area contributed by atoms with Crippen LogP contribution in [0, 0.1) is 6.92 Å². The number of carbonyl (C=O) groups is 1. The summed E-state index contributed by atoms with van der Waals surface area (Å²) in [6.45, 7) is 8.74. The number of amides is 1. The molecule has 1 aromatic carbocycles. The summed E-state index contributed by atoms with van der Waals surface area (Å²) in [6.07, 6.45) is 2.99. The summed E-state index contributed by atoms with van der Waals surface area (Å²) in [4.78, 5) is 28.8. The minimum atomic E-state index is -0.532. The molecule has 1 saturated heterocycles.